The van der Waals surface area contributed by atoms with E-state index in [0.29, 0.717) is 17.2 Å². The number of aromatic nitrogens is 2. The molecule has 2 heterocycles. The van der Waals surface area contributed by atoms with Gasteiger partial charge in [0.25, 0.3) is 0 Å². The van der Waals surface area contributed by atoms with Crippen LogP contribution in [0, 0.1) is 0 Å². The summed E-state index contributed by atoms with van der Waals surface area (Å²) >= 11 is 0. The predicted octanol–water partition coefficient (Wildman–Crippen LogP) is 4.19. The molecule has 0 aliphatic heterocycles. The molecule has 0 aliphatic carbocycles. The third-order valence-corrected chi connectivity index (χ3v) is 4.55. The largest absolute Gasteiger partial charge is 0.497 e. The van der Waals surface area contributed by atoms with Crippen molar-refractivity contribution in [2.45, 2.75) is 0 Å². The molecule has 1 N–H and O–H groups in total. The first kappa shape index (κ1) is 16.9. The Morgan fingerprint density at radius 1 is 0.963 bits per heavy atom. The summed E-state index contributed by atoms with van der Waals surface area (Å²) < 4.78 is 15.7. The van der Waals surface area contributed by atoms with E-state index in [0.717, 1.165) is 27.4 Å². The lowest BCUT2D eigenvalue weighted by Crippen LogP contribution is -2.05. The standard InChI is InChI=1S/C21H18N2O4/c1-25-12-8-9-14(18(10-12)26-2)19-20-15(11-17(23-19)21(24)27-3)13-6-4-5-7-16(13)22-20/h4-11,22H,1-3H3. The average molecular weight is 362 g/mol. The number of nitrogens with zero attached hydrogens (tertiary/aromatic N) is 1. The Kier molecular flexibility index (Phi) is 4.16. The van der Waals surface area contributed by atoms with Crippen LogP contribution in [0.3, 0.4) is 0 Å². The summed E-state index contributed by atoms with van der Waals surface area (Å²) in [5.41, 5.74) is 3.39. The number of para-hydroxylation sites is 1. The zero-order chi connectivity index (χ0) is 19.0. The van der Waals surface area contributed by atoms with Crippen LogP contribution in [0.2, 0.25) is 0 Å². The molecule has 6 heteroatoms. The van der Waals surface area contributed by atoms with Crippen molar-refractivity contribution in [1.29, 1.82) is 0 Å². The van der Waals surface area contributed by atoms with E-state index < -0.39 is 5.97 Å². The number of rotatable bonds is 4. The number of esters is 1. The molecule has 6 nitrogen and oxygen atoms in total. The normalized spacial score (nSPS) is 10.9. The highest BCUT2D eigenvalue weighted by atomic mass is 16.5. The fraction of sp³-hybridized carbons (Fsp3) is 0.143. The summed E-state index contributed by atoms with van der Waals surface area (Å²) in [4.78, 5) is 20.2. The van der Waals surface area contributed by atoms with Crippen LogP contribution < -0.4 is 9.47 Å². The number of aromatic amines is 1. The van der Waals surface area contributed by atoms with Gasteiger partial charge >= 0.3 is 5.97 Å². The smallest absolute Gasteiger partial charge is 0.356 e. The Hall–Kier alpha value is -3.54. The number of hydrogen-bond donors (Lipinski definition) is 1. The molecule has 4 aromatic rings. The molecule has 0 spiro atoms. The van der Waals surface area contributed by atoms with Gasteiger partial charge in [0.1, 0.15) is 17.2 Å². The summed E-state index contributed by atoms with van der Waals surface area (Å²) in [6.07, 6.45) is 0. The van der Waals surface area contributed by atoms with Gasteiger partial charge in [0, 0.05) is 27.9 Å². The molecule has 0 unspecified atom stereocenters. The van der Waals surface area contributed by atoms with Crippen LogP contribution in [-0.2, 0) is 4.74 Å². The molecule has 0 saturated heterocycles. The lowest BCUT2D eigenvalue weighted by atomic mass is 10.1. The van der Waals surface area contributed by atoms with Gasteiger partial charge in [-0.3, -0.25) is 0 Å². The number of carbonyl (C=O) groups excluding carboxylic acids is 1. The number of carbonyl (C=O) groups is 1. The molecule has 0 saturated carbocycles. The summed E-state index contributed by atoms with van der Waals surface area (Å²) in [6.45, 7) is 0. The number of methoxy groups -OCH3 is 3. The van der Waals surface area contributed by atoms with Gasteiger partial charge < -0.3 is 19.2 Å². The maximum Gasteiger partial charge on any atom is 0.356 e. The first-order chi connectivity index (χ1) is 13.2. The van der Waals surface area contributed by atoms with Gasteiger partial charge in [0.2, 0.25) is 0 Å². The van der Waals surface area contributed by atoms with Crippen LogP contribution >= 0.6 is 0 Å². The third kappa shape index (κ3) is 2.75. The van der Waals surface area contributed by atoms with Crippen LogP contribution in [0.4, 0.5) is 0 Å². The Labute approximate surface area is 155 Å². The maximum atomic E-state index is 12.2. The summed E-state index contributed by atoms with van der Waals surface area (Å²) in [5, 5.41) is 1.91. The van der Waals surface area contributed by atoms with Gasteiger partial charge in [0.05, 0.1) is 32.5 Å². The van der Waals surface area contributed by atoms with Crippen molar-refractivity contribution in [3.05, 3.63) is 54.2 Å². The van der Waals surface area contributed by atoms with E-state index in [1.54, 1.807) is 26.4 Å². The van der Waals surface area contributed by atoms with Crippen LogP contribution in [0.25, 0.3) is 33.1 Å². The van der Waals surface area contributed by atoms with Crippen molar-refractivity contribution in [3.8, 4) is 22.8 Å². The monoisotopic (exact) mass is 362 g/mol. The number of benzene rings is 2. The van der Waals surface area contributed by atoms with Crippen molar-refractivity contribution in [3.63, 3.8) is 0 Å². The average Bonchev–Trinajstić information content (AvgIpc) is 3.10. The van der Waals surface area contributed by atoms with E-state index in [2.05, 4.69) is 9.97 Å². The topological polar surface area (TPSA) is 73.4 Å². The van der Waals surface area contributed by atoms with Gasteiger partial charge in [-0.2, -0.15) is 0 Å². The third-order valence-electron chi connectivity index (χ3n) is 4.55. The Morgan fingerprint density at radius 2 is 1.78 bits per heavy atom. The predicted molar refractivity (Wildman–Crippen MR) is 103 cm³/mol. The van der Waals surface area contributed by atoms with E-state index in [4.69, 9.17) is 14.2 Å². The van der Waals surface area contributed by atoms with Crippen LogP contribution in [-0.4, -0.2) is 37.3 Å². The number of hydrogen-bond acceptors (Lipinski definition) is 5. The second-order valence-electron chi connectivity index (χ2n) is 6.01. The zero-order valence-electron chi connectivity index (χ0n) is 15.2. The quantitative estimate of drug-likeness (QED) is 0.551. The van der Waals surface area contributed by atoms with Gasteiger partial charge in [-0.15, -0.1) is 0 Å². The molecule has 0 atom stereocenters. The van der Waals surface area contributed by atoms with E-state index in [-0.39, 0.29) is 5.69 Å². The Balaban J connectivity index is 2.08. The number of fused-ring (bicyclic) bond motifs is 3. The van der Waals surface area contributed by atoms with E-state index in [1.807, 2.05) is 36.4 Å². The molecule has 0 amide bonds. The van der Waals surface area contributed by atoms with Gasteiger partial charge in [-0.05, 0) is 24.3 Å². The minimum atomic E-state index is -0.490. The van der Waals surface area contributed by atoms with Gasteiger partial charge in [-0.1, -0.05) is 18.2 Å². The number of pyridine rings is 1. The lowest BCUT2D eigenvalue weighted by Gasteiger charge is -2.12. The molecule has 136 valence electrons. The minimum absolute atomic E-state index is 0.239. The van der Waals surface area contributed by atoms with Crippen LogP contribution in [0.1, 0.15) is 10.5 Å². The maximum absolute atomic E-state index is 12.2. The molecule has 0 bridgehead atoms. The van der Waals surface area contributed by atoms with E-state index in [1.165, 1.54) is 7.11 Å². The van der Waals surface area contributed by atoms with Crippen molar-refractivity contribution < 1.29 is 19.0 Å². The molecule has 2 aromatic carbocycles. The van der Waals surface area contributed by atoms with E-state index >= 15 is 0 Å². The highest BCUT2D eigenvalue weighted by Crippen LogP contribution is 2.38. The summed E-state index contributed by atoms with van der Waals surface area (Å²) in [6, 6.07) is 15.1. The fourth-order valence-electron chi connectivity index (χ4n) is 3.24. The molecule has 4 rings (SSSR count). The Bertz CT molecular complexity index is 1160. The first-order valence-corrected chi connectivity index (χ1v) is 8.38. The minimum Gasteiger partial charge on any atom is -0.497 e. The van der Waals surface area contributed by atoms with Crippen LogP contribution in [0.15, 0.2) is 48.5 Å². The van der Waals surface area contributed by atoms with E-state index in [9.17, 15) is 4.79 Å². The van der Waals surface area contributed by atoms with Gasteiger partial charge in [0.15, 0.2) is 0 Å². The molecule has 0 radical (unpaired) electrons. The Morgan fingerprint density at radius 3 is 2.52 bits per heavy atom. The van der Waals surface area contributed by atoms with Crippen molar-refractivity contribution >= 4 is 27.8 Å². The second kappa shape index (κ2) is 6.64. The summed E-state index contributed by atoms with van der Waals surface area (Å²) in [5.74, 6) is 0.785. The highest BCUT2D eigenvalue weighted by Gasteiger charge is 2.19. The van der Waals surface area contributed by atoms with Crippen molar-refractivity contribution in [2.75, 3.05) is 21.3 Å². The second-order valence-corrected chi connectivity index (χ2v) is 6.01. The highest BCUT2D eigenvalue weighted by molar-refractivity contribution is 6.13. The number of nitrogens with one attached hydrogen (secondary N) is 1. The van der Waals surface area contributed by atoms with Crippen molar-refractivity contribution in [2.24, 2.45) is 0 Å². The molecule has 2 aromatic heterocycles. The fourth-order valence-corrected chi connectivity index (χ4v) is 3.24. The van der Waals surface area contributed by atoms with Gasteiger partial charge in [-0.25, -0.2) is 9.78 Å². The van der Waals surface area contributed by atoms with Crippen molar-refractivity contribution in [1.82, 2.24) is 9.97 Å². The lowest BCUT2D eigenvalue weighted by molar-refractivity contribution is 0.0594. The SMILES string of the molecule is COC(=O)c1cc2c([nH]c3ccccc32)c(-c2ccc(OC)cc2OC)n1. The summed E-state index contributed by atoms with van der Waals surface area (Å²) in [7, 11) is 4.53. The molecular weight excluding hydrogens is 344 g/mol. The van der Waals surface area contributed by atoms with Crippen LogP contribution in [0.5, 0.6) is 11.5 Å². The molecule has 0 fully saturated rings. The molecular formula is C21H18N2O4. The number of H-pyrrole nitrogens is 1. The molecule has 27 heavy (non-hydrogen) atoms. The molecule has 0 aliphatic rings. The first-order valence-electron chi connectivity index (χ1n) is 8.38. The zero-order valence-corrected chi connectivity index (χ0v) is 15.2. The number of ether oxygens (including phenoxy) is 3.